The Hall–Kier alpha value is -1.40. The number of rotatable bonds is 5. The van der Waals surface area contributed by atoms with E-state index in [9.17, 15) is 9.59 Å². The average Bonchev–Trinajstić information content (AvgIpc) is 2.48. The van der Waals surface area contributed by atoms with E-state index in [1.165, 1.54) is 0 Å². The van der Waals surface area contributed by atoms with Crippen LogP contribution < -0.4 is 0 Å². The highest BCUT2D eigenvalue weighted by Gasteiger charge is 2.27. The molecule has 6 heteroatoms. The van der Waals surface area contributed by atoms with Gasteiger partial charge in [0, 0.05) is 30.3 Å². The number of hydrogen-bond acceptors (Lipinski definition) is 3. The van der Waals surface area contributed by atoms with E-state index >= 15 is 0 Å². The van der Waals surface area contributed by atoms with Crippen molar-refractivity contribution < 1.29 is 19.4 Å². The summed E-state index contributed by atoms with van der Waals surface area (Å²) < 4.78 is 6.05. The van der Waals surface area contributed by atoms with Crippen molar-refractivity contribution in [2.24, 2.45) is 0 Å². The van der Waals surface area contributed by atoms with Crippen LogP contribution in [0.4, 0.5) is 0 Å². The molecule has 1 aromatic carbocycles. The molecule has 1 aromatic rings. The zero-order chi connectivity index (χ0) is 15.2. The second kappa shape index (κ2) is 7.56. The number of carboxylic acid groups (broad SMARTS) is 1. The molecule has 1 heterocycles. The summed E-state index contributed by atoms with van der Waals surface area (Å²) in [5, 5.41) is 8.90. The number of ether oxygens (including phenoxy) is 1. The van der Waals surface area contributed by atoms with Crippen molar-refractivity contribution in [3.05, 3.63) is 34.3 Å². The summed E-state index contributed by atoms with van der Waals surface area (Å²) in [6.07, 6.45) is 1.44. The largest absolute Gasteiger partial charge is 0.481 e. The number of carboxylic acids is 1. The van der Waals surface area contributed by atoms with Gasteiger partial charge in [0.15, 0.2) is 0 Å². The molecule has 0 saturated carbocycles. The highest BCUT2D eigenvalue weighted by molar-refractivity contribution is 9.10. The number of nitrogens with zero attached hydrogens (tertiary/aromatic N) is 1. The molecule has 0 unspecified atom stereocenters. The summed E-state index contributed by atoms with van der Waals surface area (Å²) in [7, 11) is 0. The Balaban J connectivity index is 2.18. The van der Waals surface area contributed by atoms with Gasteiger partial charge in [-0.3, -0.25) is 9.59 Å². The molecule has 0 spiro atoms. The maximum absolute atomic E-state index is 12.7. The van der Waals surface area contributed by atoms with Crippen molar-refractivity contribution in [2.75, 3.05) is 19.8 Å². The maximum Gasteiger partial charge on any atom is 0.305 e. The Bertz CT molecular complexity index is 514. The van der Waals surface area contributed by atoms with E-state index in [0.717, 1.165) is 17.3 Å². The van der Waals surface area contributed by atoms with Gasteiger partial charge in [-0.2, -0.15) is 0 Å². The van der Waals surface area contributed by atoms with Crippen LogP contribution in [-0.2, 0) is 9.53 Å². The molecule has 1 amide bonds. The minimum Gasteiger partial charge on any atom is -0.481 e. The zero-order valence-corrected chi connectivity index (χ0v) is 13.2. The van der Waals surface area contributed by atoms with E-state index in [2.05, 4.69) is 15.9 Å². The fraction of sp³-hybridized carbons (Fsp3) is 0.467. The maximum atomic E-state index is 12.7. The van der Waals surface area contributed by atoms with Crippen LogP contribution >= 0.6 is 15.9 Å². The smallest absolute Gasteiger partial charge is 0.305 e. The number of aliphatic carboxylic acids is 1. The second-order valence-corrected chi connectivity index (χ2v) is 5.82. The molecule has 1 aliphatic rings. The van der Waals surface area contributed by atoms with Gasteiger partial charge >= 0.3 is 5.97 Å². The molecule has 1 aliphatic heterocycles. The number of benzene rings is 1. The van der Waals surface area contributed by atoms with Gasteiger partial charge in [0.05, 0.1) is 12.0 Å². The summed E-state index contributed by atoms with van der Waals surface area (Å²) in [4.78, 5) is 25.3. The monoisotopic (exact) mass is 355 g/mol. The molecule has 2 rings (SSSR count). The van der Waals surface area contributed by atoms with Crippen molar-refractivity contribution in [2.45, 2.75) is 25.3 Å². The lowest BCUT2D eigenvalue weighted by atomic mass is 10.0. The molecule has 1 fully saturated rings. The molecule has 1 N–H and O–H groups in total. The number of amides is 1. The summed E-state index contributed by atoms with van der Waals surface area (Å²) in [6.45, 7) is 1.44. The van der Waals surface area contributed by atoms with Crippen molar-refractivity contribution in [1.82, 2.24) is 4.90 Å². The minimum absolute atomic E-state index is 0.0395. The zero-order valence-electron chi connectivity index (χ0n) is 11.6. The van der Waals surface area contributed by atoms with E-state index in [-0.39, 0.29) is 24.9 Å². The van der Waals surface area contributed by atoms with Crippen molar-refractivity contribution in [3.63, 3.8) is 0 Å². The van der Waals surface area contributed by atoms with Crippen molar-refractivity contribution >= 4 is 27.8 Å². The van der Waals surface area contributed by atoms with Gasteiger partial charge in [0.1, 0.15) is 0 Å². The molecule has 0 aromatic heterocycles. The summed E-state index contributed by atoms with van der Waals surface area (Å²) in [6, 6.07) is 7.25. The van der Waals surface area contributed by atoms with Gasteiger partial charge in [-0.1, -0.05) is 12.1 Å². The third kappa shape index (κ3) is 4.28. The predicted molar refractivity (Wildman–Crippen MR) is 81.3 cm³/mol. The molecule has 0 aliphatic carbocycles. The Kier molecular flexibility index (Phi) is 5.76. The lowest BCUT2D eigenvalue weighted by Crippen LogP contribution is -2.44. The van der Waals surface area contributed by atoms with Crippen LogP contribution in [0.1, 0.15) is 29.6 Å². The molecule has 1 saturated heterocycles. The highest BCUT2D eigenvalue weighted by atomic mass is 79.9. The Morgan fingerprint density at radius 3 is 2.57 bits per heavy atom. The first-order chi connectivity index (χ1) is 10.1. The van der Waals surface area contributed by atoms with Gasteiger partial charge in [-0.15, -0.1) is 0 Å². The molecular formula is C15H18BrNO4. The third-order valence-corrected chi connectivity index (χ3v) is 4.25. The molecule has 0 atom stereocenters. The molecule has 21 heavy (non-hydrogen) atoms. The van der Waals surface area contributed by atoms with Gasteiger partial charge < -0.3 is 14.7 Å². The second-order valence-electron chi connectivity index (χ2n) is 4.97. The fourth-order valence-electron chi connectivity index (χ4n) is 2.45. The van der Waals surface area contributed by atoms with Crippen LogP contribution in [0.2, 0.25) is 0 Å². The van der Waals surface area contributed by atoms with Gasteiger partial charge in [-0.05, 0) is 40.9 Å². The molecule has 0 radical (unpaired) electrons. The fourth-order valence-corrected chi connectivity index (χ4v) is 2.91. The van der Waals surface area contributed by atoms with Gasteiger partial charge in [-0.25, -0.2) is 0 Å². The quantitative estimate of drug-likeness (QED) is 0.881. The van der Waals surface area contributed by atoms with Crippen LogP contribution in [0.15, 0.2) is 28.7 Å². The summed E-state index contributed by atoms with van der Waals surface area (Å²) >= 11 is 3.38. The van der Waals surface area contributed by atoms with E-state index < -0.39 is 5.97 Å². The van der Waals surface area contributed by atoms with Crippen molar-refractivity contribution in [1.29, 1.82) is 0 Å². The number of carbonyl (C=O) groups is 2. The Morgan fingerprint density at radius 1 is 1.29 bits per heavy atom. The summed E-state index contributed by atoms with van der Waals surface area (Å²) in [5.41, 5.74) is 0.564. The van der Waals surface area contributed by atoms with Crippen LogP contribution in [0, 0.1) is 0 Å². The first-order valence-electron chi connectivity index (χ1n) is 6.94. The average molecular weight is 356 g/mol. The van der Waals surface area contributed by atoms with Crippen LogP contribution in [0.25, 0.3) is 0 Å². The molecule has 114 valence electrons. The standard InChI is InChI=1S/C15H18BrNO4/c16-13-4-2-1-3-12(13)15(20)17(8-5-14(18)19)11-6-9-21-10-7-11/h1-4,11H,5-10H2,(H,18,19). The molecule has 0 bridgehead atoms. The first kappa shape index (κ1) is 16.0. The topological polar surface area (TPSA) is 66.8 Å². The van der Waals surface area contributed by atoms with E-state index in [0.29, 0.717) is 18.8 Å². The third-order valence-electron chi connectivity index (χ3n) is 3.56. The number of carbonyl (C=O) groups excluding carboxylic acids is 1. The van der Waals surface area contributed by atoms with Crippen LogP contribution in [0.5, 0.6) is 0 Å². The lowest BCUT2D eigenvalue weighted by Gasteiger charge is -2.34. The van der Waals surface area contributed by atoms with Gasteiger partial charge in [0.2, 0.25) is 0 Å². The SMILES string of the molecule is O=C(O)CCN(C(=O)c1ccccc1Br)C1CCOCC1. The van der Waals surface area contributed by atoms with Crippen LogP contribution in [-0.4, -0.2) is 47.7 Å². The Morgan fingerprint density at radius 2 is 1.95 bits per heavy atom. The van der Waals surface area contributed by atoms with E-state index in [1.54, 1.807) is 17.0 Å². The summed E-state index contributed by atoms with van der Waals surface area (Å²) in [5.74, 6) is -1.03. The van der Waals surface area contributed by atoms with Gasteiger partial charge in [0.25, 0.3) is 5.91 Å². The van der Waals surface area contributed by atoms with E-state index in [1.807, 2.05) is 12.1 Å². The predicted octanol–water partition coefficient (Wildman–Crippen LogP) is 2.55. The normalized spacial score (nSPS) is 15.7. The number of halogens is 1. The van der Waals surface area contributed by atoms with Crippen molar-refractivity contribution in [3.8, 4) is 0 Å². The Labute approximate surface area is 132 Å². The number of hydrogen-bond donors (Lipinski definition) is 1. The first-order valence-corrected chi connectivity index (χ1v) is 7.74. The molecule has 5 nitrogen and oxygen atoms in total. The lowest BCUT2D eigenvalue weighted by molar-refractivity contribution is -0.137. The molecular weight excluding hydrogens is 338 g/mol. The van der Waals surface area contributed by atoms with E-state index in [4.69, 9.17) is 9.84 Å². The van der Waals surface area contributed by atoms with Crippen LogP contribution in [0.3, 0.4) is 0 Å². The highest BCUT2D eigenvalue weighted by Crippen LogP contribution is 2.22. The minimum atomic E-state index is -0.896.